The quantitative estimate of drug-likeness (QED) is 0.601. The standard InChI is InChI=1S/C12H20N4/c1-8-9(2)15-16(10(8)3)7-12(4-5-12)6-11(13)14/h4-7H2,1-3H3,(H3,13,14). The number of nitrogens with zero attached hydrogens (tertiary/aromatic N) is 2. The molecule has 4 nitrogen and oxygen atoms in total. The number of hydrogen-bond donors (Lipinski definition) is 2. The lowest BCUT2D eigenvalue weighted by atomic mass is 10.0. The SMILES string of the molecule is Cc1nn(CC2(CC(=N)N)CC2)c(C)c1C. The predicted octanol–water partition coefficient (Wildman–Crippen LogP) is 1.91. The minimum Gasteiger partial charge on any atom is -0.388 e. The van der Waals surface area contributed by atoms with E-state index in [4.69, 9.17) is 11.1 Å². The van der Waals surface area contributed by atoms with E-state index >= 15 is 0 Å². The maximum atomic E-state index is 7.41. The van der Waals surface area contributed by atoms with Crippen molar-refractivity contribution in [1.82, 2.24) is 9.78 Å². The van der Waals surface area contributed by atoms with Crippen molar-refractivity contribution in [3.8, 4) is 0 Å². The van der Waals surface area contributed by atoms with Gasteiger partial charge in [-0.2, -0.15) is 5.10 Å². The number of amidine groups is 1. The van der Waals surface area contributed by atoms with Crippen LogP contribution in [0.15, 0.2) is 0 Å². The van der Waals surface area contributed by atoms with E-state index in [9.17, 15) is 0 Å². The Hall–Kier alpha value is -1.32. The summed E-state index contributed by atoms with van der Waals surface area (Å²) in [5.41, 5.74) is 9.35. The van der Waals surface area contributed by atoms with Gasteiger partial charge in [0.25, 0.3) is 0 Å². The van der Waals surface area contributed by atoms with Crippen LogP contribution < -0.4 is 5.73 Å². The van der Waals surface area contributed by atoms with Crippen LogP contribution in [0, 0.1) is 31.6 Å². The molecule has 0 aromatic carbocycles. The van der Waals surface area contributed by atoms with E-state index in [1.807, 2.05) is 6.92 Å². The first kappa shape index (κ1) is 11.2. The zero-order valence-corrected chi connectivity index (χ0v) is 10.3. The topological polar surface area (TPSA) is 67.7 Å². The number of nitrogens with two attached hydrogens (primary N) is 1. The molecule has 1 aromatic rings. The van der Waals surface area contributed by atoms with Crippen molar-refractivity contribution in [2.45, 2.75) is 46.6 Å². The highest BCUT2D eigenvalue weighted by atomic mass is 15.3. The predicted molar refractivity (Wildman–Crippen MR) is 64.6 cm³/mol. The third-order valence-corrected chi connectivity index (χ3v) is 3.75. The summed E-state index contributed by atoms with van der Waals surface area (Å²) in [7, 11) is 0. The molecule has 0 unspecified atom stereocenters. The molecule has 0 aliphatic heterocycles. The molecule has 0 amide bonds. The van der Waals surface area contributed by atoms with Crippen molar-refractivity contribution in [1.29, 1.82) is 5.41 Å². The fourth-order valence-electron chi connectivity index (χ4n) is 2.23. The molecule has 0 bridgehead atoms. The van der Waals surface area contributed by atoms with E-state index in [0.717, 1.165) is 12.2 Å². The van der Waals surface area contributed by atoms with Crippen molar-refractivity contribution in [2.24, 2.45) is 11.1 Å². The fraction of sp³-hybridized carbons (Fsp3) is 0.667. The zero-order valence-electron chi connectivity index (χ0n) is 10.3. The lowest BCUT2D eigenvalue weighted by molar-refractivity contribution is 0.402. The van der Waals surface area contributed by atoms with Gasteiger partial charge in [0.1, 0.15) is 0 Å². The highest BCUT2D eigenvalue weighted by Gasteiger charge is 2.43. The first-order valence-corrected chi connectivity index (χ1v) is 5.77. The molecule has 1 aromatic heterocycles. The molecule has 3 N–H and O–H groups in total. The van der Waals surface area contributed by atoms with Gasteiger partial charge in [0, 0.05) is 18.7 Å². The van der Waals surface area contributed by atoms with Crippen LogP contribution >= 0.6 is 0 Å². The minimum atomic E-state index is 0.224. The second-order valence-electron chi connectivity index (χ2n) is 5.16. The van der Waals surface area contributed by atoms with Gasteiger partial charge in [-0.05, 0) is 44.6 Å². The number of aromatic nitrogens is 2. The zero-order chi connectivity index (χ0) is 11.9. The average Bonchev–Trinajstić information content (AvgIpc) is 2.88. The Morgan fingerprint density at radius 2 is 2.06 bits per heavy atom. The lowest BCUT2D eigenvalue weighted by Gasteiger charge is -2.15. The molecule has 2 rings (SSSR count). The number of nitrogens with one attached hydrogen (secondary N) is 1. The van der Waals surface area contributed by atoms with Gasteiger partial charge in [-0.3, -0.25) is 10.1 Å². The summed E-state index contributed by atoms with van der Waals surface area (Å²) in [4.78, 5) is 0. The first-order chi connectivity index (χ1) is 7.43. The highest BCUT2D eigenvalue weighted by molar-refractivity contribution is 5.78. The molecule has 1 saturated carbocycles. The van der Waals surface area contributed by atoms with Gasteiger partial charge in [-0.15, -0.1) is 0 Å². The molecule has 0 saturated heterocycles. The summed E-state index contributed by atoms with van der Waals surface area (Å²) >= 11 is 0. The van der Waals surface area contributed by atoms with E-state index in [1.165, 1.54) is 24.1 Å². The van der Waals surface area contributed by atoms with E-state index in [-0.39, 0.29) is 5.41 Å². The van der Waals surface area contributed by atoms with Crippen molar-refractivity contribution in [2.75, 3.05) is 0 Å². The second kappa shape index (κ2) is 3.61. The van der Waals surface area contributed by atoms with E-state index in [2.05, 4.69) is 23.6 Å². The lowest BCUT2D eigenvalue weighted by Crippen LogP contribution is -2.21. The Morgan fingerprint density at radius 1 is 1.44 bits per heavy atom. The van der Waals surface area contributed by atoms with Crippen molar-refractivity contribution in [3.63, 3.8) is 0 Å². The Bertz CT molecular complexity index is 426. The van der Waals surface area contributed by atoms with Gasteiger partial charge in [-0.1, -0.05) is 0 Å². The number of hydrogen-bond acceptors (Lipinski definition) is 2. The smallest absolute Gasteiger partial charge is 0.0911 e. The van der Waals surface area contributed by atoms with Crippen LogP contribution in [0.4, 0.5) is 0 Å². The summed E-state index contributed by atoms with van der Waals surface area (Å²) in [6.07, 6.45) is 3.05. The van der Waals surface area contributed by atoms with Gasteiger partial charge >= 0.3 is 0 Å². The van der Waals surface area contributed by atoms with Crippen LogP contribution in [0.3, 0.4) is 0 Å². The van der Waals surface area contributed by atoms with Crippen LogP contribution in [-0.4, -0.2) is 15.6 Å². The fourth-order valence-corrected chi connectivity index (χ4v) is 2.23. The molecule has 1 aliphatic carbocycles. The van der Waals surface area contributed by atoms with Gasteiger partial charge in [0.15, 0.2) is 0 Å². The summed E-state index contributed by atoms with van der Waals surface area (Å²) in [5.74, 6) is 0.302. The molecule has 0 spiro atoms. The highest BCUT2D eigenvalue weighted by Crippen LogP contribution is 2.50. The molecule has 1 fully saturated rings. The minimum absolute atomic E-state index is 0.224. The summed E-state index contributed by atoms with van der Waals surface area (Å²) in [6.45, 7) is 7.17. The largest absolute Gasteiger partial charge is 0.388 e. The molecular weight excluding hydrogens is 200 g/mol. The molecule has 1 aliphatic rings. The number of rotatable bonds is 4. The third kappa shape index (κ3) is 1.96. The first-order valence-electron chi connectivity index (χ1n) is 5.77. The molecule has 16 heavy (non-hydrogen) atoms. The van der Waals surface area contributed by atoms with Crippen LogP contribution in [-0.2, 0) is 6.54 Å². The Kier molecular flexibility index (Phi) is 2.52. The normalized spacial score (nSPS) is 17.4. The average molecular weight is 220 g/mol. The summed E-state index contributed by atoms with van der Waals surface area (Å²) in [5, 5.41) is 12.0. The van der Waals surface area contributed by atoms with Gasteiger partial charge in [-0.25, -0.2) is 0 Å². The third-order valence-electron chi connectivity index (χ3n) is 3.75. The molecule has 4 heteroatoms. The van der Waals surface area contributed by atoms with Gasteiger partial charge < -0.3 is 5.73 Å². The summed E-state index contributed by atoms with van der Waals surface area (Å²) in [6, 6.07) is 0. The van der Waals surface area contributed by atoms with E-state index in [0.29, 0.717) is 12.3 Å². The Morgan fingerprint density at radius 3 is 2.44 bits per heavy atom. The molecule has 0 atom stereocenters. The van der Waals surface area contributed by atoms with Crippen LogP contribution in [0.5, 0.6) is 0 Å². The van der Waals surface area contributed by atoms with Crippen molar-refractivity contribution in [3.05, 3.63) is 17.0 Å². The molecular formula is C12H20N4. The van der Waals surface area contributed by atoms with Crippen molar-refractivity contribution < 1.29 is 0 Å². The Labute approximate surface area is 96.3 Å². The van der Waals surface area contributed by atoms with Crippen LogP contribution in [0.1, 0.15) is 36.2 Å². The van der Waals surface area contributed by atoms with Crippen LogP contribution in [0.2, 0.25) is 0 Å². The maximum Gasteiger partial charge on any atom is 0.0911 e. The van der Waals surface area contributed by atoms with E-state index in [1.54, 1.807) is 0 Å². The maximum absolute atomic E-state index is 7.41. The van der Waals surface area contributed by atoms with Crippen LogP contribution in [0.25, 0.3) is 0 Å². The second-order valence-corrected chi connectivity index (χ2v) is 5.16. The van der Waals surface area contributed by atoms with Gasteiger partial charge in [0.05, 0.1) is 11.5 Å². The molecule has 0 radical (unpaired) electrons. The van der Waals surface area contributed by atoms with E-state index < -0.39 is 0 Å². The summed E-state index contributed by atoms with van der Waals surface area (Å²) < 4.78 is 2.08. The van der Waals surface area contributed by atoms with Gasteiger partial charge in [0.2, 0.25) is 0 Å². The number of aryl methyl sites for hydroxylation is 1. The Balaban J connectivity index is 2.15. The monoisotopic (exact) mass is 220 g/mol. The van der Waals surface area contributed by atoms with Crippen molar-refractivity contribution >= 4 is 5.84 Å². The molecule has 1 heterocycles. The molecule has 88 valence electrons.